The fourth-order valence-corrected chi connectivity index (χ4v) is 3.20. The van der Waals surface area contributed by atoms with Crippen molar-refractivity contribution in [2.75, 3.05) is 6.79 Å². The molecule has 0 radical (unpaired) electrons. The average molecular weight is 380 g/mol. The third kappa shape index (κ3) is 3.73. The topological polar surface area (TPSA) is 70.7 Å². The molecule has 0 bridgehead atoms. The Balaban J connectivity index is 1.34. The summed E-state index contributed by atoms with van der Waals surface area (Å²) in [6.45, 7) is 2.99. The number of fused-ring (bicyclic) bond motifs is 2. The number of rotatable bonds is 5. The van der Waals surface area contributed by atoms with E-state index in [-0.39, 0.29) is 6.79 Å². The predicted octanol–water partition coefficient (Wildman–Crippen LogP) is 3.46. The summed E-state index contributed by atoms with van der Waals surface area (Å²) in [4.78, 5) is 3.32. The highest BCUT2D eigenvalue weighted by Crippen LogP contribution is 2.32. The van der Waals surface area contributed by atoms with Crippen LogP contribution in [0.1, 0.15) is 23.6 Å². The maximum atomic E-state index is 5.38. The Morgan fingerprint density at radius 3 is 3.04 bits per heavy atom. The number of thiocarbonyl (C=S) groups is 1. The lowest BCUT2D eigenvalue weighted by molar-refractivity contribution is 0.174. The SMILES string of the molecule is CCc1cccc2c(/C=N/NC(=S)NCc3ccc4c(c3)OCO4)c[nH]c12. The van der Waals surface area contributed by atoms with Gasteiger partial charge in [0.15, 0.2) is 16.6 Å². The number of nitrogens with zero attached hydrogens (tertiary/aromatic N) is 1. The van der Waals surface area contributed by atoms with Crippen LogP contribution in [0.25, 0.3) is 10.9 Å². The molecule has 0 atom stereocenters. The van der Waals surface area contributed by atoms with Crippen molar-refractivity contribution in [2.24, 2.45) is 5.10 Å². The highest BCUT2D eigenvalue weighted by molar-refractivity contribution is 7.80. The first kappa shape index (κ1) is 17.4. The van der Waals surface area contributed by atoms with Crippen molar-refractivity contribution in [3.8, 4) is 11.5 Å². The molecule has 2 aromatic carbocycles. The number of H-pyrrole nitrogens is 1. The summed E-state index contributed by atoms with van der Waals surface area (Å²) in [6, 6.07) is 12.1. The van der Waals surface area contributed by atoms with Gasteiger partial charge in [0.05, 0.1) is 6.21 Å². The molecule has 4 rings (SSSR count). The van der Waals surface area contributed by atoms with Crippen LogP contribution in [0.15, 0.2) is 47.7 Å². The molecule has 0 saturated carbocycles. The average Bonchev–Trinajstić information content (AvgIpc) is 3.32. The normalized spacial score (nSPS) is 12.6. The van der Waals surface area contributed by atoms with Gasteiger partial charge in [0, 0.05) is 29.2 Å². The second-order valence-corrected chi connectivity index (χ2v) is 6.59. The first-order valence-electron chi connectivity index (χ1n) is 8.79. The van der Waals surface area contributed by atoms with E-state index in [0.29, 0.717) is 11.7 Å². The molecule has 27 heavy (non-hydrogen) atoms. The van der Waals surface area contributed by atoms with Crippen LogP contribution >= 0.6 is 12.2 Å². The fraction of sp³-hybridized carbons (Fsp3) is 0.200. The monoisotopic (exact) mass is 380 g/mol. The Bertz CT molecular complexity index is 1010. The maximum Gasteiger partial charge on any atom is 0.231 e. The van der Waals surface area contributed by atoms with Crippen LogP contribution in [0.5, 0.6) is 11.5 Å². The van der Waals surface area contributed by atoms with Gasteiger partial charge in [0.25, 0.3) is 0 Å². The molecule has 2 heterocycles. The van der Waals surface area contributed by atoms with E-state index in [1.54, 1.807) is 6.21 Å². The van der Waals surface area contributed by atoms with Crippen molar-refractivity contribution in [1.29, 1.82) is 0 Å². The minimum Gasteiger partial charge on any atom is -0.454 e. The van der Waals surface area contributed by atoms with Gasteiger partial charge in [-0.05, 0) is 41.9 Å². The second kappa shape index (κ2) is 7.67. The fourth-order valence-electron chi connectivity index (χ4n) is 3.07. The Hall–Kier alpha value is -3.06. The molecule has 0 saturated heterocycles. The smallest absolute Gasteiger partial charge is 0.231 e. The van der Waals surface area contributed by atoms with Gasteiger partial charge in [-0.15, -0.1) is 0 Å². The summed E-state index contributed by atoms with van der Waals surface area (Å²) in [5.74, 6) is 1.53. The Morgan fingerprint density at radius 2 is 2.15 bits per heavy atom. The van der Waals surface area contributed by atoms with Gasteiger partial charge in [0.1, 0.15) is 0 Å². The highest BCUT2D eigenvalue weighted by Gasteiger charge is 2.13. The minimum atomic E-state index is 0.272. The number of hydrazone groups is 1. The minimum absolute atomic E-state index is 0.272. The van der Waals surface area contributed by atoms with Crippen LogP contribution in [0.3, 0.4) is 0 Å². The lowest BCUT2D eigenvalue weighted by Crippen LogP contribution is -2.31. The number of benzene rings is 2. The number of aryl methyl sites for hydroxylation is 1. The Labute approximate surface area is 162 Å². The van der Waals surface area contributed by atoms with Gasteiger partial charge in [-0.3, -0.25) is 5.43 Å². The first-order valence-corrected chi connectivity index (χ1v) is 9.20. The van der Waals surface area contributed by atoms with Crippen molar-refractivity contribution in [1.82, 2.24) is 15.7 Å². The number of hydrogen-bond donors (Lipinski definition) is 3. The zero-order valence-corrected chi connectivity index (χ0v) is 15.7. The van der Waals surface area contributed by atoms with Gasteiger partial charge >= 0.3 is 0 Å². The molecule has 0 amide bonds. The lowest BCUT2D eigenvalue weighted by Gasteiger charge is -2.07. The van der Waals surface area contributed by atoms with E-state index < -0.39 is 0 Å². The molecule has 0 spiro atoms. The molecule has 7 heteroatoms. The van der Waals surface area contributed by atoms with Gasteiger partial charge in [-0.2, -0.15) is 5.10 Å². The van der Waals surface area contributed by atoms with Gasteiger partial charge < -0.3 is 19.8 Å². The van der Waals surface area contributed by atoms with Crippen molar-refractivity contribution in [2.45, 2.75) is 19.9 Å². The van der Waals surface area contributed by atoms with E-state index in [0.717, 1.165) is 39.9 Å². The second-order valence-electron chi connectivity index (χ2n) is 6.18. The van der Waals surface area contributed by atoms with Crippen LogP contribution in [-0.4, -0.2) is 23.1 Å². The molecule has 1 aromatic heterocycles. The molecule has 0 unspecified atom stereocenters. The van der Waals surface area contributed by atoms with E-state index in [1.807, 2.05) is 24.4 Å². The molecule has 1 aliphatic heterocycles. The molecule has 3 aromatic rings. The Kier molecular flexibility index (Phi) is 4.93. The summed E-state index contributed by atoms with van der Waals surface area (Å²) < 4.78 is 10.7. The van der Waals surface area contributed by atoms with Crippen LogP contribution in [-0.2, 0) is 13.0 Å². The molecule has 0 fully saturated rings. The summed E-state index contributed by atoms with van der Waals surface area (Å²) >= 11 is 5.28. The largest absolute Gasteiger partial charge is 0.454 e. The number of nitrogens with one attached hydrogen (secondary N) is 3. The standard InChI is InChI=1S/C20H20N4O2S/c1-2-14-4-3-5-16-15(10-21-19(14)16)11-23-24-20(27)22-9-13-6-7-17-18(8-13)26-12-25-17/h3-8,10-11,21H,2,9,12H2,1H3,(H2,22,24,27)/b23-11+. The molecule has 6 nitrogen and oxygen atoms in total. The van der Waals surface area contributed by atoms with E-state index in [1.165, 1.54) is 5.56 Å². The van der Waals surface area contributed by atoms with Crippen molar-refractivity contribution in [3.63, 3.8) is 0 Å². The first-order chi connectivity index (χ1) is 13.2. The molecule has 3 N–H and O–H groups in total. The Morgan fingerprint density at radius 1 is 1.26 bits per heavy atom. The zero-order chi connectivity index (χ0) is 18.6. The highest BCUT2D eigenvalue weighted by atomic mass is 32.1. The lowest BCUT2D eigenvalue weighted by atomic mass is 10.1. The van der Waals surface area contributed by atoms with Crippen LogP contribution in [0.4, 0.5) is 0 Å². The maximum absolute atomic E-state index is 5.38. The van der Waals surface area contributed by atoms with E-state index in [4.69, 9.17) is 21.7 Å². The number of aromatic nitrogens is 1. The molecule has 138 valence electrons. The van der Waals surface area contributed by atoms with Crippen molar-refractivity contribution in [3.05, 3.63) is 59.3 Å². The number of hydrogen-bond acceptors (Lipinski definition) is 4. The molecular weight excluding hydrogens is 360 g/mol. The summed E-state index contributed by atoms with van der Waals surface area (Å²) in [6.07, 6.45) is 4.71. The van der Waals surface area contributed by atoms with Crippen LogP contribution in [0, 0.1) is 0 Å². The molecule has 0 aliphatic carbocycles. The zero-order valence-electron chi connectivity index (χ0n) is 14.9. The van der Waals surface area contributed by atoms with E-state index >= 15 is 0 Å². The summed E-state index contributed by atoms with van der Waals surface area (Å²) in [5.41, 5.74) is 7.38. The van der Waals surface area contributed by atoms with Crippen LogP contribution in [0.2, 0.25) is 0 Å². The van der Waals surface area contributed by atoms with Gasteiger partial charge in [0.2, 0.25) is 6.79 Å². The van der Waals surface area contributed by atoms with Crippen molar-refractivity contribution >= 4 is 34.4 Å². The third-order valence-electron chi connectivity index (χ3n) is 4.47. The third-order valence-corrected chi connectivity index (χ3v) is 4.71. The van der Waals surface area contributed by atoms with E-state index in [2.05, 4.69) is 46.0 Å². The number of ether oxygens (including phenoxy) is 2. The van der Waals surface area contributed by atoms with Crippen LogP contribution < -0.4 is 20.2 Å². The van der Waals surface area contributed by atoms with Gasteiger partial charge in [-0.25, -0.2) is 0 Å². The number of aromatic amines is 1. The molecular formula is C20H20N4O2S. The number of para-hydroxylation sites is 1. The quantitative estimate of drug-likeness (QED) is 0.359. The molecule has 1 aliphatic rings. The van der Waals surface area contributed by atoms with E-state index in [9.17, 15) is 0 Å². The summed E-state index contributed by atoms with van der Waals surface area (Å²) in [7, 11) is 0. The predicted molar refractivity (Wildman–Crippen MR) is 110 cm³/mol. The van der Waals surface area contributed by atoms with Gasteiger partial charge in [-0.1, -0.05) is 31.2 Å². The van der Waals surface area contributed by atoms with Crippen molar-refractivity contribution < 1.29 is 9.47 Å². The summed E-state index contributed by atoms with van der Waals surface area (Å²) in [5, 5.41) is 8.98.